The van der Waals surface area contributed by atoms with Gasteiger partial charge in [0.1, 0.15) is 0 Å². The first-order chi connectivity index (χ1) is 13.9. The molecule has 0 heterocycles. The molecule has 0 bridgehead atoms. The lowest BCUT2D eigenvalue weighted by Crippen LogP contribution is -2.53. The third-order valence-electron chi connectivity index (χ3n) is 7.48. The van der Waals surface area contributed by atoms with E-state index in [1.807, 2.05) is 13.8 Å². The minimum atomic E-state index is -1.42. The molecule has 1 saturated carbocycles. The molecule has 1 aliphatic carbocycles. The fraction of sp³-hybridized carbons (Fsp3) is 0.708. The Morgan fingerprint density at radius 2 is 1.83 bits per heavy atom. The summed E-state index contributed by atoms with van der Waals surface area (Å²) in [6.45, 7) is 12.9. The van der Waals surface area contributed by atoms with Gasteiger partial charge in [0.15, 0.2) is 17.5 Å². The average Bonchev–Trinajstić information content (AvgIpc) is 2.66. The van der Waals surface area contributed by atoms with Crippen molar-refractivity contribution in [2.75, 3.05) is 6.54 Å². The van der Waals surface area contributed by atoms with Gasteiger partial charge in [-0.05, 0) is 47.6 Å². The smallest absolute Gasteiger partial charge is 0.217 e. The molecule has 1 amide bonds. The summed E-state index contributed by atoms with van der Waals surface area (Å²) in [6.07, 6.45) is 2.40. The second-order valence-electron chi connectivity index (χ2n) is 9.95. The number of carbonyl (C=O) groups is 1. The topological polar surface area (TPSA) is 55.1 Å². The Balaban J connectivity index is 2.16. The standard InChI is InChI=1S/C24H37F3N2O/c1-7-16-11-17(13(2)10-20(28)30)14(3)15(4)23(16)29-12-24(5,6)18-8-9-19(25)22(27)21(18)26/h8-9,13-17,23,29H,7,10-12H2,1-6H3,(H2,28,30). The predicted molar refractivity (Wildman–Crippen MR) is 114 cm³/mol. The molecule has 1 aliphatic rings. The van der Waals surface area contributed by atoms with Crippen LogP contribution < -0.4 is 11.1 Å². The lowest BCUT2D eigenvalue weighted by molar-refractivity contribution is -0.119. The number of benzene rings is 1. The summed E-state index contributed by atoms with van der Waals surface area (Å²) in [4.78, 5) is 11.4. The van der Waals surface area contributed by atoms with Crippen molar-refractivity contribution in [3.63, 3.8) is 0 Å². The maximum absolute atomic E-state index is 14.4. The Morgan fingerprint density at radius 3 is 2.40 bits per heavy atom. The molecule has 170 valence electrons. The van der Waals surface area contributed by atoms with Gasteiger partial charge in [-0.1, -0.05) is 54.0 Å². The van der Waals surface area contributed by atoms with Gasteiger partial charge < -0.3 is 11.1 Å². The van der Waals surface area contributed by atoms with Crippen LogP contribution in [0.15, 0.2) is 12.1 Å². The molecule has 1 fully saturated rings. The van der Waals surface area contributed by atoms with E-state index in [0.717, 1.165) is 18.9 Å². The number of amides is 1. The van der Waals surface area contributed by atoms with Crippen molar-refractivity contribution in [3.8, 4) is 0 Å². The van der Waals surface area contributed by atoms with Gasteiger partial charge in [0.2, 0.25) is 5.91 Å². The molecule has 3 nitrogen and oxygen atoms in total. The molecule has 6 unspecified atom stereocenters. The molecule has 3 N–H and O–H groups in total. The fourth-order valence-electron chi connectivity index (χ4n) is 5.37. The lowest BCUT2D eigenvalue weighted by Gasteiger charge is -2.48. The molecule has 6 atom stereocenters. The van der Waals surface area contributed by atoms with E-state index in [-0.39, 0.29) is 23.4 Å². The fourth-order valence-corrected chi connectivity index (χ4v) is 5.37. The van der Waals surface area contributed by atoms with Crippen LogP contribution in [0.4, 0.5) is 13.2 Å². The van der Waals surface area contributed by atoms with E-state index in [4.69, 9.17) is 5.73 Å². The minimum absolute atomic E-state index is 0.173. The van der Waals surface area contributed by atoms with Gasteiger partial charge in [0.05, 0.1) is 0 Å². The first-order valence-electron chi connectivity index (χ1n) is 11.1. The van der Waals surface area contributed by atoms with Crippen molar-refractivity contribution >= 4 is 5.91 Å². The Bertz CT molecular complexity index is 750. The maximum Gasteiger partial charge on any atom is 0.217 e. The first kappa shape index (κ1) is 24.7. The largest absolute Gasteiger partial charge is 0.370 e. The normalized spacial score (nSPS) is 28.4. The minimum Gasteiger partial charge on any atom is -0.370 e. The van der Waals surface area contributed by atoms with E-state index in [2.05, 4.69) is 33.0 Å². The van der Waals surface area contributed by atoms with E-state index in [1.54, 1.807) is 0 Å². The number of nitrogens with one attached hydrogen (secondary N) is 1. The second-order valence-corrected chi connectivity index (χ2v) is 9.95. The van der Waals surface area contributed by atoms with Crippen LogP contribution in [0.2, 0.25) is 0 Å². The molecule has 30 heavy (non-hydrogen) atoms. The molecule has 0 spiro atoms. The van der Waals surface area contributed by atoms with Crippen molar-refractivity contribution in [2.24, 2.45) is 35.3 Å². The summed E-state index contributed by atoms with van der Waals surface area (Å²) >= 11 is 0. The van der Waals surface area contributed by atoms with Gasteiger partial charge in [0, 0.05) is 24.4 Å². The van der Waals surface area contributed by atoms with Crippen LogP contribution in [0.1, 0.15) is 66.4 Å². The van der Waals surface area contributed by atoms with Gasteiger partial charge in [-0.3, -0.25) is 4.79 Å². The molecule has 2 rings (SSSR count). The third-order valence-corrected chi connectivity index (χ3v) is 7.48. The van der Waals surface area contributed by atoms with Crippen LogP contribution in [0.5, 0.6) is 0 Å². The Labute approximate surface area is 179 Å². The van der Waals surface area contributed by atoms with Crippen LogP contribution in [-0.2, 0) is 10.2 Å². The predicted octanol–water partition coefficient (Wildman–Crippen LogP) is 5.17. The van der Waals surface area contributed by atoms with Gasteiger partial charge in [-0.2, -0.15) is 0 Å². The molecule has 1 aromatic carbocycles. The highest BCUT2D eigenvalue weighted by Gasteiger charge is 2.42. The number of nitrogens with two attached hydrogens (primary N) is 1. The number of primary amides is 1. The van der Waals surface area contributed by atoms with Crippen LogP contribution in [-0.4, -0.2) is 18.5 Å². The highest BCUT2D eigenvalue weighted by Crippen LogP contribution is 2.44. The third kappa shape index (κ3) is 5.19. The van der Waals surface area contributed by atoms with Crippen LogP contribution in [0.25, 0.3) is 0 Å². The van der Waals surface area contributed by atoms with E-state index >= 15 is 0 Å². The zero-order valence-corrected chi connectivity index (χ0v) is 19.1. The molecule has 0 aromatic heterocycles. The van der Waals surface area contributed by atoms with Crippen molar-refractivity contribution in [3.05, 3.63) is 35.1 Å². The summed E-state index contributed by atoms with van der Waals surface area (Å²) < 4.78 is 41.5. The first-order valence-corrected chi connectivity index (χ1v) is 11.1. The SMILES string of the molecule is CCC1CC(C(C)CC(N)=O)C(C)C(C)C1NCC(C)(C)c1ccc(F)c(F)c1F. The molecule has 6 heteroatoms. The molecule has 0 saturated heterocycles. The van der Waals surface area contributed by atoms with Crippen molar-refractivity contribution in [1.29, 1.82) is 0 Å². The van der Waals surface area contributed by atoms with Crippen LogP contribution >= 0.6 is 0 Å². The van der Waals surface area contributed by atoms with E-state index in [1.165, 1.54) is 6.07 Å². The van der Waals surface area contributed by atoms with Crippen molar-refractivity contribution < 1.29 is 18.0 Å². The molecular formula is C24H37F3N2O. The number of carbonyl (C=O) groups excluding carboxylic acids is 1. The molecule has 1 aromatic rings. The Kier molecular flexibility index (Phi) is 8.00. The van der Waals surface area contributed by atoms with Gasteiger partial charge in [-0.15, -0.1) is 0 Å². The van der Waals surface area contributed by atoms with Crippen LogP contribution in [0, 0.1) is 47.0 Å². The Hall–Kier alpha value is -1.56. The van der Waals surface area contributed by atoms with Gasteiger partial charge in [-0.25, -0.2) is 13.2 Å². The number of rotatable bonds is 8. The average molecular weight is 427 g/mol. The van der Waals surface area contributed by atoms with Gasteiger partial charge >= 0.3 is 0 Å². The summed E-state index contributed by atoms with van der Waals surface area (Å²) in [5.74, 6) is -2.12. The highest BCUT2D eigenvalue weighted by atomic mass is 19.2. The molecule has 0 radical (unpaired) electrons. The highest BCUT2D eigenvalue weighted by molar-refractivity contribution is 5.73. The van der Waals surface area contributed by atoms with Crippen molar-refractivity contribution in [2.45, 2.75) is 72.3 Å². The molecular weight excluding hydrogens is 389 g/mol. The summed E-state index contributed by atoms with van der Waals surface area (Å²) in [7, 11) is 0. The summed E-state index contributed by atoms with van der Waals surface area (Å²) in [5.41, 5.74) is 4.90. The zero-order chi connectivity index (χ0) is 22.8. The maximum atomic E-state index is 14.4. The van der Waals surface area contributed by atoms with E-state index in [9.17, 15) is 18.0 Å². The quantitative estimate of drug-likeness (QED) is 0.564. The molecule has 0 aliphatic heterocycles. The number of halogens is 3. The van der Waals surface area contributed by atoms with Crippen molar-refractivity contribution in [1.82, 2.24) is 5.32 Å². The number of hydrogen-bond acceptors (Lipinski definition) is 2. The van der Waals surface area contributed by atoms with E-state index in [0.29, 0.717) is 36.6 Å². The van der Waals surface area contributed by atoms with E-state index < -0.39 is 22.9 Å². The summed E-state index contributed by atoms with van der Waals surface area (Å²) in [6, 6.07) is 2.55. The Morgan fingerprint density at radius 1 is 1.20 bits per heavy atom. The zero-order valence-electron chi connectivity index (χ0n) is 19.1. The van der Waals surface area contributed by atoms with Gasteiger partial charge in [0.25, 0.3) is 0 Å². The summed E-state index contributed by atoms with van der Waals surface area (Å²) in [5, 5.41) is 3.63. The monoisotopic (exact) mass is 426 g/mol. The second kappa shape index (κ2) is 9.71. The van der Waals surface area contributed by atoms with Crippen LogP contribution in [0.3, 0.4) is 0 Å². The number of hydrogen-bond donors (Lipinski definition) is 2. The lowest BCUT2D eigenvalue weighted by atomic mass is 9.61.